The molecule has 11 nitrogen and oxygen atoms in total. The van der Waals surface area contributed by atoms with Crippen molar-refractivity contribution >= 4 is 16.9 Å². The second-order valence-electron chi connectivity index (χ2n) is 14.8. The smallest absolute Gasteiger partial charge is 0.168 e. The van der Waals surface area contributed by atoms with Gasteiger partial charge in [0.2, 0.25) is 0 Å². The highest BCUT2D eigenvalue weighted by Crippen LogP contribution is 2.38. The fraction of sp³-hybridized carbons (Fsp3) is 0.676. The van der Waals surface area contributed by atoms with Crippen LogP contribution in [0.3, 0.4) is 0 Å². The Hall–Kier alpha value is -2.81. The first-order chi connectivity index (χ1) is 23.1. The minimum Gasteiger partial charge on any atom is -0.380 e. The normalized spacial score (nSPS) is 36.5. The van der Waals surface area contributed by atoms with E-state index in [1.807, 2.05) is 0 Å². The topological polar surface area (TPSA) is 98.6 Å². The molecule has 13 heteroatoms. The van der Waals surface area contributed by atoms with Gasteiger partial charge in [0.05, 0.1) is 31.0 Å². The molecule has 9 atom stereocenters. The van der Waals surface area contributed by atoms with E-state index in [1.165, 1.54) is 48.9 Å². The Bertz CT molecular complexity index is 1590. The molecule has 5 saturated heterocycles. The number of hydrogen-bond acceptors (Lipinski definition) is 10. The zero-order valence-corrected chi connectivity index (χ0v) is 26.9. The van der Waals surface area contributed by atoms with Crippen LogP contribution in [-0.4, -0.2) is 119 Å². The summed E-state index contributed by atoms with van der Waals surface area (Å²) in [5, 5.41) is 17.4. The SMILES string of the molecule is Fc1ccc(-n2ncc3c(N4C[C@@H]5C[C@H]4CN4CCOC[C@@H](C4)CN4CNC6CCCC(C7CCCC(N7)N5)C64)ncnc32)c(F)c1. The van der Waals surface area contributed by atoms with Crippen LogP contribution in [-0.2, 0) is 4.74 Å². The molecule has 1 aliphatic carbocycles. The lowest BCUT2D eigenvalue weighted by Crippen LogP contribution is -2.60. The lowest BCUT2D eigenvalue weighted by Gasteiger charge is -2.46. The van der Waals surface area contributed by atoms with Crippen LogP contribution in [0.1, 0.15) is 44.9 Å². The van der Waals surface area contributed by atoms with Crippen molar-refractivity contribution in [1.82, 2.24) is 45.5 Å². The number of fused-ring (bicyclic) bond motifs is 8. The molecule has 6 bridgehead atoms. The summed E-state index contributed by atoms with van der Waals surface area (Å²) < 4.78 is 36.2. The van der Waals surface area contributed by atoms with Crippen LogP contribution in [0.5, 0.6) is 0 Å². The summed E-state index contributed by atoms with van der Waals surface area (Å²) in [6.45, 7) is 7.27. The predicted molar refractivity (Wildman–Crippen MR) is 174 cm³/mol. The quantitative estimate of drug-likeness (QED) is 0.385. The number of rotatable bonds is 2. The molecule has 5 aliphatic heterocycles. The lowest BCUT2D eigenvalue weighted by molar-refractivity contribution is 0.0611. The van der Waals surface area contributed by atoms with Gasteiger partial charge in [0.25, 0.3) is 0 Å². The van der Waals surface area contributed by atoms with E-state index in [-0.39, 0.29) is 11.7 Å². The molecule has 9 rings (SSSR count). The monoisotopic (exact) mass is 648 g/mol. The van der Waals surface area contributed by atoms with E-state index in [4.69, 9.17) is 9.72 Å². The van der Waals surface area contributed by atoms with Crippen molar-refractivity contribution in [2.45, 2.75) is 81.3 Å². The maximum absolute atomic E-state index is 14.8. The number of anilines is 1. The van der Waals surface area contributed by atoms with Crippen molar-refractivity contribution in [3.05, 3.63) is 42.4 Å². The number of benzene rings is 1. The molecule has 1 aromatic carbocycles. The van der Waals surface area contributed by atoms with Crippen molar-refractivity contribution < 1.29 is 13.5 Å². The molecular weight excluding hydrogens is 602 g/mol. The molecule has 0 radical (unpaired) electrons. The Kier molecular flexibility index (Phi) is 8.10. The van der Waals surface area contributed by atoms with Gasteiger partial charge in [-0.15, -0.1) is 0 Å². The van der Waals surface area contributed by atoms with Crippen LogP contribution in [0.25, 0.3) is 16.7 Å². The first-order valence-electron chi connectivity index (χ1n) is 17.8. The molecule has 1 saturated carbocycles. The molecule has 47 heavy (non-hydrogen) atoms. The second-order valence-corrected chi connectivity index (χ2v) is 14.8. The molecule has 252 valence electrons. The van der Waals surface area contributed by atoms with E-state index in [0.29, 0.717) is 47.8 Å². The molecule has 7 heterocycles. The van der Waals surface area contributed by atoms with Gasteiger partial charge in [-0.25, -0.2) is 23.4 Å². The maximum atomic E-state index is 14.8. The molecule has 0 amide bonds. The highest BCUT2D eigenvalue weighted by atomic mass is 19.1. The van der Waals surface area contributed by atoms with Crippen molar-refractivity contribution in [3.63, 3.8) is 0 Å². The average Bonchev–Trinajstić information content (AvgIpc) is 3.75. The van der Waals surface area contributed by atoms with Gasteiger partial charge >= 0.3 is 0 Å². The van der Waals surface area contributed by atoms with Gasteiger partial charge in [0.15, 0.2) is 11.5 Å². The van der Waals surface area contributed by atoms with Gasteiger partial charge in [-0.3, -0.25) is 25.8 Å². The van der Waals surface area contributed by atoms with Gasteiger partial charge in [-0.1, -0.05) is 6.42 Å². The van der Waals surface area contributed by atoms with Crippen LogP contribution in [0, 0.1) is 23.5 Å². The van der Waals surface area contributed by atoms with E-state index >= 15 is 0 Å². The minimum absolute atomic E-state index is 0.165. The third-order valence-electron chi connectivity index (χ3n) is 11.8. The molecule has 6 unspecified atom stereocenters. The van der Waals surface area contributed by atoms with Crippen LogP contribution < -0.4 is 20.9 Å². The fourth-order valence-corrected chi connectivity index (χ4v) is 9.87. The maximum Gasteiger partial charge on any atom is 0.168 e. The third-order valence-corrected chi connectivity index (χ3v) is 11.8. The zero-order valence-electron chi connectivity index (χ0n) is 26.9. The van der Waals surface area contributed by atoms with Gasteiger partial charge in [0.1, 0.15) is 23.6 Å². The molecule has 3 N–H and O–H groups in total. The molecule has 2 aromatic heterocycles. The largest absolute Gasteiger partial charge is 0.380 e. The summed E-state index contributed by atoms with van der Waals surface area (Å²) >= 11 is 0. The van der Waals surface area contributed by atoms with E-state index in [0.717, 1.165) is 82.7 Å². The average molecular weight is 649 g/mol. The molecule has 0 spiro atoms. The van der Waals surface area contributed by atoms with Crippen LogP contribution in [0.15, 0.2) is 30.7 Å². The fourth-order valence-electron chi connectivity index (χ4n) is 9.87. The first kappa shape index (κ1) is 30.3. The summed E-state index contributed by atoms with van der Waals surface area (Å²) in [6.07, 6.45) is 12.1. The molecule has 6 fully saturated rings. The number of aromatic nitrogens is 4. The third kappa shape index (κ3) is 5.72. The summed E-state index contributed by atoms with van der Waals surface area (Å²) in [5.41, 5.74) is 0.677. The van der Waals surface area contributed by atoms with E-state index < -0.39 is 11.6 Å². The Morgan fingerprint density at radius 2 is 1.85 bits per heavy atom. The van der Waals surface area contributed by atoms with Gasteiger partial charge in [-0.2, -0.15) is 5.10 Å². The van der Waals surface area contributed by atoms with Crippen molar-refractivity contribution in [2.75, 3.05) is 57.5 Å². The Morgan fingerprint density at radius 3 is 2.79 bits per heavy atom. The van der Waals surface area contributed by atoms with Crippen LogP contribution in [0.2, 0.25) is 0 Å². The van der Waals surface area contributed by atoms with Crippen LogP contribution in [0.4, 0.5) is 14.6 Å². The Morgan fingerprint density at radius 1 is 0.936 bits per heavy atom. The predicted octanol–water partition coefficient (Wildman–Crippen LogP) is 2.46. The molecular formula is C34H46F2N10O. The van der Waals surface area contributed by atoms with Crippen LogP contribution >= 0.6 is 0 Å². The number of hydrogen-bond donors (Lipinski definition) is 3. The van der Waals surface area contributed by atoms with Gasteiger partial charge in [0, 0.05) is 81.6 Å². The van der Waals surface area contributed by atoms with E-state index in [2.05, 4.69) is 40.7 Å². The number of ether oxygens (including phenoxy) is 1. The standard InChI is InChI=1S/C34H46F2N10O/c35-22-7-8-30(27(36)11-22)46-34-26(13-40-46)33(37-19-38-34)45-16-23-12-24(45)17-43-9-10-47-18-21(14-43)15-44-20-39-29-5-1-3-25(32(29)44)28-4-2-6-31(41-23)42-28/h7-8,11,13,19,21,23-25,28-29,31-32,39,41-42H,1-6,9-10,12,14-18,20H2/t21-,23-,24-,25?,28?,29?,31?,32?/m0/s1. The van der Waals surface area contributed by atoms with Crippen molar-refractivity contribution in [1.29, 1.82) is 0 Å². The Balaban J connectivity index is 1.05. The second kappa shape index (κ2) is 12.6. The summed E-state index contributed by atoms with van der Waals surface area (Å²) in [4.78, 5) is 17.1. The molecule has 3 aromatic rings. The first-order valence-corrected chi connectivity index (χ1v) is 17.8. The summed E-state index contributed by atoms with van der Waals surface area (Å²) in [7, 11) is 0. The van der Waals surface area contributed by atoms with E-state index in [9.17, 15) is 8.78 Å². The number of halogens is 2. The molecule has 6 aliphatic rings. The highest BCUT2D eigenvalue weighted by Gasteiger charge is 2.46. The number of piperidine rings is 1. The van der Waals surface area contributed by atoms with Gasteiger partial charge < -0.3 is 9.64 Å². The van der Waals surface area contributed by atoms with E-state index in [1.54, 1.807) is 12.5 Å². The zero-order chi connectivity index (χ0) is 31.5. The minimum atomic E-state index is -0.678. The van der Waals surface area contributed by atoms with Crippen molar-refractivity contribution in [3.8, 4) is 5.69 Å². The summed E-state index contributed by atoms with van der Waals surface area (Å²) in [6, 6.07) is 5.76. The number of nitrogens with one attached hydrogen (secondary N) is 3. The highest BCUT2D eigenvalue weighted by molar-refractivity contribution is 5.88. The summed E-state index contributed by atoms with van der Waals surface area (Å²) in [5.74, 6) is 0.627. The van der Waals surface area contributed by atoms with Gasteiger partial charge in [-0.05, 0) is 56.6 Å². The number of nitrogens with zero attached hydrogens (tertiary/aromatic N) is 7. The Labute approximate surface area is 274 Å². The van der Waals surface area contributed by atoms with Crippen molar-refractivity contribution in [2.24, 2.45) is 11.8 Å². The lowest BCUT2D eigenvalue weighted by atomic mass is 9.74.